The second-order valence-corrected chi connectivity index (χ2v) is 5.64. The molecule has 0 bridgehead atoms. The Morgan fingerprint density at radius 3 is 2.58 bits per heavy atom. The molecule has 4 nitrogen and oxygen atoms in total. The minimum Gasteiger partial charge on any atom is -0.423 e. The summed E-state index contributed by atoms with van der Waals surface area (Å²) in [5.41, 5.74) is 3.16. The van der Waals surface area contributed by atoms with Crippen molar-refractivity contribution in [2.45, 2.75) is 19.8 Å². The number of oxazole rings is 1. The molecule has 2 aromatic rings. The summed E-state index contributed by atoms with van der Waals surface area (Å²) < 4.78 is 6.03. The summed E-state index contributed by atoms with van der Waals surface area (Å²) in [7, 11) is 2.15. The van der Waals surface area contributed by atoms with Gasteiger partial charge in [0.1, 0.15) is 5.52 Å². The fraction of sp³-hybridized carbons (Fsp3) is 0.533. The molecule has 0 unspecified atom stereocenters. The van der Waals surface area contributed by atoms with Crippen molar-refractivity contribution in [3.63, 3.8) is 0 Å². The van der Waals surface area contributed by atoms with Crippen LogP contribution in [-0.2, 0) is 0 Å². The van der Waals surface area contributed by atoms with Gasteiger partial charge in [-0.15, -0.1) is 0 Å². The fourth-order valence-electron chi connectivity index (χ4n) is 2.55. The van der Waals surface area contributed by atoms with E-state index in [9.17, 15) is 0 Å². The summed E-state index contributed by atoms with van der Waals surface area (Å²) >= 11 is 0. The lowest BCUT2D eigenvalue weighted by Crippen LogP contribution is -2.44. The number of hydrogen-bond donors (Lipinski definition) is 0. The van der Waals surface area contributed by atoms with Crippen LogP contribution in [-0.4, -0.2) is 43.1 Å². The molecule has 1 aromatic carbocycles. The number of aromatic nitrogens is 1. The zero-order chi connectivity index (χ0) is 13.4. The third kappa shape index (κ3) is 2.32. The number of nitrogens with zero attached hydrogens (tertiary/aromatic N) is 3. The number of fused-ring (bicyclic) bond motifs is 1. The van der Waals surface area contributed by atoms with Crippen LogP contribution in [0.4, 0.5) is 6.01 Å². The predicted molar refractivity (Wildman–Crippen MR) is 77.8 cm³/mol. The summed E-state index contributed by atoms with van der Waals surface area (Å²) in [5.74, 6) is 0.456. The van der Waals surface area contributed by atoms with Crippen LogP contribution < -0.4 is 4.90 Å². The van der Waals surface area contributed by atoms with Crippen molar-refractivity contribution in [1.29, 1.82) is 0 Å². The number of likely N-dealkylation sites (N-methyl/N-ethyl adjacent to an activating group) is 1. The number of rotatable bonds is 2. The first-order chi connectivity index (χ1) is 9.15. The standard InChI is InChI=1S/C15H21N3O/c1-11(2)12-5-4-6-13-14(12)19-15(16-13)18-9-7-17(3)8-10-18/h4-6,11H,7-10H2,1-3H3. The van der Waals surface area contributed by atoms with Gasteiger partial charge in [-0.1, -0.05) is 26.0 Å². The molecule has 1 fully saturated rings. The monoisotopic (exact) mass is 259 g/mol. The Labute approximate surface area is 114 Å². The van der Waals surface area contributed by atoms with E-state index in [0.29, 0.717) is 5.92 Å². The van der Waals surface area contributed by atoms with Crippen LogP contribution in [0.3, 0.4) is 0 Å². The van der Waals surface area contributed by atoms with Gasteiger partial charge < -0.3 is 14.2 Å². The molecule has 0 spiro atoms. The molecule has 0 amide bonds. The third-order valence-corrected chi connectivity index (χ3v) is 3.83. The third-order valence-electron chi connectivity index (χ3n) is 3.83. The molecular formula is C15H21N3O. The van der Waals surface area contributed by atoms with Gasteiger partial charge in [-0.25, -0.2) is 0 Å². The maximum atomic E-state index is 6.03. The van der Waals surface area contributed by atoms with Crippen molar-refractivity contribution in [2.24, 2.45) is 0 Å². The van der Waals surface area contributed by atoms with E-state index in [2.05, 4.69) is 47.8 Å². The van der Waals surface area contributed by atoms with Crippen molar-refractivity contribution >= 4 is 17.1 Å². The van der Waals surface area contributed by atoms with Gasteiger partial charge in [0.05, 0.1) is 0 Å². The molecule has 0 N–H and O–H groups in total. The highest BCUT2D eigenvalue weighted by Crippen LogP contribution is 2.29. The van der Waals surface area contributed by atoms with Crippen molar-refractivity contribution in [3.05, 3.63) is 23.8 Å². The Morgan fingerprint density at radius 1 is 1.16 bits per heavy atom. The van der Waals surface area contributed by atoms with Gasteiger partial charge >= 0.3 is 0 Å². The van der Waals surface area contributed by atoms with E-state index in [1.807, 2.05) is 6.07 Å². The first-order valence-electron chi connectivity index (χ1n) is 6.98. The molecule has 102 valence electrons. The van der Waals surface area contributed by atoms with E-state index in [4.69, 9.17) is 4.42 Å². The maximum Gasteiger partial charge on any atom is 0.298 e. The van der Waals surface area contributed by atoms with E-state index in [1.165, 1.54) is 5.56 Å². The molecule has 1 saturated heterocycles. The van der Waals surface area contributed by atoms with Crippen molar-refractivity contribution < 1.29 is 4.42 Å². The average Bonchev–Trinajstić information content (AvgIpc) is 2.82. The quantitative estimate of drug-likeness (QED) is 0.830. The number of benzene rings is 1. The minimum absolute atomic E-state index is 0.456. The molecule has 0 atom stereocenters. The van der Waals surface area contributed by atoms with Crippen LogP contribution in [0.25, 0.3) is 11.1 Å². The van der Waals surface area contributed by atoms with E-state index in [0.717, 1.165) is 43.3 Å². The van der Waals surface area contributed by atoms with Crippen LogP contribution in [0.5, 0.6) is 0 Å². The SMILES string of the molecule is CC(C)c1cccc2nc(N3CCN(C)CC3)oc12. The number of hydrogen-bond acceptors (Lipinski definition) is 4. The average molecular weight is 259 g/mol. The molecule has 1 aliphatic heterocycles. The van der Waals surface area contributed by atoms with Gasteiger partial charge in [0, 0.05) is 26.2 Å². The summed E-state index contributed by atoms with van der Waals surface area (Å²) in [6.45, 7) is 8.48. The summed E-state index contributed by atoms with van der Waals surface area (Å²) in [5, 5.41) is 0. The first kappa shape index (κ1) is 12.5. The summed E-state index contributed by atoms with van der Waals surface area (Å²) in [4.78, 5) is 9.22. The molecule has 0 saturated carbocycles. The van der Waals surface area contributed by atoms with Crippen LogP contribution in [0.2, 0.25) is 0 Å². The van der Waals surface area contributed by atoms with Gasteiger partial charge in [0.25, 0.3) is 6.01 Å². The van der Waals surface area contributed by atoms with Crippen LogP contribution in [0, 0.1) is 0 Å². The largest absolute Gasteiger partial charge is 0.423 e. The normalized spacial score (nSPS) is 17.6. The minimum atomic E-state index is 0.456. The lowest BCUT2D eigenvalue weighted by molar-refractivity contribution is 0.305. The topological polar surface area (TPSA) is 32.5 Å². The number of para-hydroxylation sites is 1. The highest BCUT2D eigenvalue weighted by molar-refractivity contribution is 5.78. The molecule has 4 heteroatoms. The number of anilines is 1. The van der Waals surface area contributed by atoms with Crippen molar-refractivity contribution in [1.82, 2.24) is 9.88 Å². The Balaban J connectivity index is 1.95. The van der Waals surface area contributed by atoms with Gasteiger partial charge in [-0.3, -0.25) is 0 Å². The van der Waals surface area contributed by atoms with Crippen LogP contribution in [0.1, 0.15) is 25.3 Å². The summed E-state index contributed by atoms with van der Waals surface area (Å²) in [6.07, 6.45) is 0. The molecule has 19 heavy (non-hydrogen) atoms. The van der Waals surface area contributed by atoms with Crippen LogP contribution >= 0.6 is 0 Å². The van der Waals surface area contributed by atoms with Gasteiger partial charge in [0.2, 0.25) is 0 Å². The Hall–Kier alpha value is -1.55. The van der Waals surface area contributed by atoms with E-state index >= 15 is 0 Å². The molecular weight excluding hydrogens is 238 g/mol. The predicted octanol–water partition coefficient (Wildman–Crippen LogP) is 2.70. The highest BCUT2D eigenvalue weighted by Gasteiger charge is 2.20. The highest BCUT2D eigenvalue weighted by atomic mass is 16.4. The number of piperazine rings is 1. The van der Waals surface area contributed by atoms with Gasteiger partial charge in [-0.2, -0.15) is 4.98 Å². The van der Waals surface area contributed by atoms with Crippen LogP contribution in [0.15, 0.2) is 22.6 Å². The van der Waals surface area contributed by atoms with Gasteiger partial charge in [0.15, 0.2) is 5.58 Å². The van der Waals surface area contributed by atoms with E-state index in [1.54, 1.807) is 0 Å². The molecule has 2 heterocycles. The maximum absolute atomic E-state index is 6.03. The van der Waals surface area contributed by atoms with Crippen molar-refractivity contribution in [2.75, 3.05) is 38.1 Å². The van der Waals surface area contributed by atoms with E-state index in [-0.39, 0.29) is 0 Å². The Bertz CT molecular complexity index is 568. The molecule has 0 radical (unpaired) electrons. The second kappa shape index (κ2) is 4.85. The molecule has 3 rings (SSSR count). The second-order valence-electron chi connectivity index (χ2n) is 5.64. The fourth-order valence-corrected chi connectivity index (χ4v) is 2.55. The lowest BCUT2D eigenvalue weighted by atomic mass is 10.0. The molecule has 0 aliphatic carbocycles. The first-order valence-corrected chi connectivity index (χ1v) is 6.98. The Kier molecular flexibility index (Phi) is 3.19. The molecule has 1 aliphatic rings. The van der Waals surface area contributed by atoms with Crippen molar-refractivity contribution in [3.8, 4) is 0 Å². The smallest absolute Gasteiger partial charge is 0.298 e. The summed E-state index contributed by atoms with van der Waals surface area (Å²) in [6, 6.07) is 7.00. The zero-order valence-electron chi connectivity index (χ0n) is 11.9. The lowest BCUT2D eigenvalue weighted by Gasteiger charge is -2.31. The zero-order valence-corrected chi connectivity index (χ0v) is 11.9. The van der Waals surface area contributed by atoms with E-state index < -0.39 is 0 Å². The molecule has 1 aromatic heterocycles. The Morgan fingerprint density at radius 2 is 1.89 bits per heavy atom. The van der Waals surface area contributed by atoms with Gasteiger partial charge in [-0.05, 0) is 24.6 Å².